The second-order valence-corrected chi connectivity index (χ2v) is 7.73. The number of ether oxygens (including phenoxy) is 3. The number of aryl methyl sites for hydroxylation is 1. The number of carbonyl (C=O) groups excluding carboxylic acids is 1. The molecule has 2 heterocycles. The smallest absolute Gasteiger partial charge is 0.260 e. The van der Waals surface area contributed by atoms with Gasteiger partial charge in [0.15, 0.2) is 6.61 Å². The summed E-state index contributed by atoms with van der Waals surface area (Å²) in [5.74, 6) is 1.59. The third-order valence-corrected chi connectivity index (χ3v) is 5.47. The van der Waals surface area contributed by atoms with Gasteiger partial charge in [0, 0.05) is 19.6 Å². The van der Waals surface area contributed by atoms with Crippen molar-refractivity contribution in [2.24, 2.45) is 5.92 Å². The molecule has 1 aromatic rings. The molecule has 0 radical (unpaired) electrons. The molecular weight excluding hydrogens is 318 g/mol. The van der Waals surface area contributed by atoms with Crippen molar-refractivity contribution in [2.45, 2.75) is 44.3 Å². The van der Waals surface area contributed by atoms with E-state index in [2.05, 4.69) is 0 Å². The van der Waals surface area contributed by atoms with Gasteiger partial charge in [0.1, 0.15) is 11.4 Å². The quantitative estimate of drug-likeness (QED) is 0.795. The Morgan fingerprint density at radius 3 is 2.84 bits per heavy atom. The zero-order valence-corrected chi connectivity index (χ0v) is 14.9. The Hall–Kier alpha value is -1.59. The molecule has 4 rings (SSSR count). The fourth-order valence-corrected chi connectivity index (χ4v) is 3.68. The lowest BCUT2D eigenvalue weighted by atomic mass is 9.84. The molecule has 0 unspecified atom stereocenters. The number of rotatable bonds is 6. The van der Waals surface area contributed by atoms with Crippen LogP contribution in [0.1, 0.15) is 31.2 Å². The third kappa shape index (κ3) is 3.98. The molecule has 1 aliphatic carbocycles. The van der Waals surface area contributed by atoms with Crippen LogP contribution in [-0.4, -0.2) is 55.4 Å². The first kappa shape index (κ1) is 16.9. The first-order valence-electron chi connectivity index (χ1n) is 9.35. The molecule has 5 nitrogen and oxygen atoms in total. The van der Waals surface area contributed by atoms with Crippen LogP contribution in [0.3, 0.4) is 0 Å². The van der Waals surface area contributed by atoms with Crippen molar-refractivity contribution < 1.29 is 19.0 Å². The van der Waals surface area contributed by atoms with Crippen LogP contribution in [0.2, 0.25) is 0 Å². The zero-order chi connectivity index (χ0) is 17.3. The lowest BCUT2D eigenvalue weighted by molar-refractivity contribution is -0.202. The van der Waals surface area contributed by atoms with Crippen LogP contribution < -0.4 is 4.74 Å². The highest BCUT2D eigenvalue weighted by molar-refractivity contribution is 5.79. The topological polar surface area (TPSA) is 48.0 Å². The first-order valence-corrected chi connectivity index (χ1v) is 9.35. The van der Waals surface area contributed by atoms with Crippen LogP contribution in [-0.2, 0) is 14.3 Å². The molecule has 25 heavy (non-hydrogen) atoms. The lowest BCUT2D eigenvalue weighted by Crippen LogP contribution is -2.67. The Balaban J connectivity index is 1.23. The SMILES string of the molecule is Cc1ccccc1OCC(=O)N1CC2(C[C@@H](OCC3CC3)CCO2)C1. The number of hydrogen-bond acceptors (Lipinski definition) is 4. The van der Waals surface area contributed by atoms with Crippen molar-refractivity contribution in [3.63, 3.8) is 0 Å². The van der Waals surface area contributed by atoms with Gasteiger partial charge in [-0.3, -0.25) is 4.79 Å². The Morgan fingerprint density at radius 2 is 2.08 bits per heavy atom. The summed E-state index contributed by atoms with van der Waals surface area (Å²) in [5.41, 5.74) is 0.854. The number of para-hydroxylation sites is 1. The molecule has 1 spiro atoms. The van der Waals surface area contributed by atoms with Gasteiger partial charge in [-0.25, -0.2) is 0 Å². The summed E-state index contributed by atoms with van der Waals surface area (Å²) in [6, 6.07) is 7.76. The molecule has 1 amide bonds. The number of hydrogen-bond donors (Lipinski definition) is 0. The average Bonchev–Trinajstić information content (AvgIpc) is 3.41. The number of likely N-dealkylation sites (tertiary alicyclic amines) is 1. The summed E-state index contributed by atoms with van der Waals surface area (Å²) in [6.07, 6.45) is 4.80. The van der Waals surface area contributed by atoms with Gasteiger partial charge in [0.05, 0.1) is 19.2 Å². The highest BCUT2D eigenvalue weighted by Gasteiger charge is 2.49. The van der Waals surface area contributed by atoms with Crippen molar-refractivity contribution in [2.75, 3.05) is 32.9 Å². The van der Waals surface area contributed by atoms with Gasteiger partial charge >= 0.3 is 0 Å². The molecule has 5 heteroatoms. The van der Waals surface area contributed by atoms with E-state index in [9.17, 15) is 4.79 Å². The zero-order valence-electron chi connectivity index (χ0n) is 14.9. The normalized spacial score (nSPS) is 24.8. The minimum Gasteiger partial charge on any atom is -0.484 e. The third-order valence-electron chi connectivity index (χ3n) is 5.47. The monoisotopic (exact) mass is 345 g/mol. The minimum atomic E-state index is -0.190. The van der Waals surface area contributed by atoms with Gasteiger partial charge in [0.2, 0.25) is 0 Å². The number of amides is 1. The van der Waals surface area contributed by atoms with Gasteiger partial charge in [-0.2, -0.15) is 0 Å². The maximum absolute atomic E-state index is 12.4. The van der Waals surface area contributed by atoms with Crippen LogP contribution in [0, 0.1) is 12.8 Å². The highest BCUT2D eigenvalue weighted by Crippen LogP contribution is 2.37. The van der Waals surface area contributed by atoms with Gasteiger partial charge in [-0.05, 0) is 43.7 Å². The minimum absolute atomic E-state index is 0.0264. The molecule has 1 saturated carbocycles. The van der Waals surface area contributed by atoms with Crippen molar-refractivity contribution in [3.05, 3.63) is 29.8 Å². The highest BCUT2D eigenvalue weighted by atomic mass is 16.5. The van der Waals surface area contributed by atoms with Crippen LogP contribution >= 0.6 is 0 Å². The van der Waals surface area contributed by atoms with E-state index in [4.69, 9.17) is 14.2 Å². The summed E-state index contributed by atoms with van der Waals surface area (Å²) >= 11 is 0. The molecule has 2 saturated heterocycles. The predicted molar refractivity (Wildman–Crippen MR) is 93.6 cm³/mol. The Bertz CT molecular complexity index is 622. The van der Waals surface area contributed by atoms with Gasteiger partial charge in [-0.1, -0.05) is 18.2 Å². The second kappa shape index (κ2) is 6.96. The van der Waals surface area contributed by atoms with Crippen LogP contribution in [0.5, 0.6) is 5.75 Å². The molecule has 136 valence electrons. The van der Waals surface area contributed by atoms with Crippen molar-refractivity contribution in [1.82, 2.24) is 4.90 Å². The van der Waals surface area contributed by atoms with Crippen LogP contribution in [0.15, 0.2) is 24.3 Å². The Morgan fingerprint density at radius 1 is 1.28 bits per heavy atom. The fourth-order valence-electron chi connectivity index (χ4n) is 3.68. The number of benzene rings is 1. The average molecular weight is 345 g/mol. The second-order valence-electron chi connectivity index (χ2n) is 7.73. The van der Waals surface area contributed by atoms with E-state index >= 15 is 0 Å². The van der Waals surface area contributed by atoms with Gasteiger partial charge in [0.25, 0.3) is 5.91 Å². The van der Waals surface area contributed by atoms with Crippen molar-refractivity contribution in [1.29, 1.82) is 0 Å². The van der Waals surface area contributed by atoms with Gasteiger partial charge < -0.3 is 19.1 Å². The molecule has 0 aromatic heterocycles. The van der Waals surface area contributed by atoms with E-state index in [0.717, 1.165) is 43.3 Å². The van der Waals surface area contributed by atoms with Crippen molar-refractivity contribution in [3.8, 4) is 5.75 Å². The van der Waals surface area contributed by atoms with E-state index in [0.29, 0.717) is 13.1 Å². The largest absolute Gasteiger partial charge is 0.484 e. The first-order chi connectivity index (χ1) is 12.1. The maximum Gasteiger partial charge on any atom is 0.260 e. The van der Waals surface area contributed by atoms with E-state index in [1.807, 2.05) is 36.1 Å². The molecule has 3 aliphatic rings. The maximum atomic E-state index is 12.4. The lowest BCUT2D eigenvalue weighted by Gasteiger charge is -2.52. The van der Waals surface area contributed by atoms with E-state index in [1.165, 1.54) is 12.8 Å². The molecule has 0 N–H and O–H groups in total. The molecule has 1 aromatic carbocycles. The summed E-state index contributed by atoms with van der Waals surface area (Å²) in [4.78, 5) is 14.2. The fraction of sp³-hybridized carbons (Fsp3) is 0.650. The summed E-state index contributed by atoms with van der Waals surface area (Å²) in [7, 11) is 0. The molecule has 1 atom stereocenters. The summed E-state index contributed by atoms with van der Waals surface area (Å²) in [5, 5.41) is 0. The summed E-state index contributed by atoms with van der Waals surface area (Å²) in [6.45, 7) is 5.02. The van der Waals surface area contributed by atoms with Crippen LogP contribution in [0.25, 0.3) is 0 Å². The van der Waals surface area contributed by atoms with E-state index in [1.54, 1.807) is 0 Å². The molecular formula is C20H27NO4. The Labute approximate surface area is 149 Å². The predicted octanol–water partition coefficient (Wildman–Crippen LogP) is 2.56. The van der Waals surface area contributed by atoms with Crippen molar-refractivity contribution >= 4 is 5.91 Å². The van der Waals surface area contributed by atoms with E-state index in [-0.39, 0.29) is 24.2 Å². The molecule has 3 fully saturated rings. The van der Waals surface area contributed by atoms with E-state index < -0.39 is 0 Å². The summed E-state index contributed by atoms with van der Waals surface area (Å²) < 4.78 is 17.7. The van der Waals surface area contributed by atoms with Crippen LogP contribution in [0.4, 0.5) is 0 Å². The van der Waals surface area contributed by atoms with Gasteiger partial charge in [-0.15, -0.1) is 0 Å². The molecule has 0 bridgehead atoms. The number of carbonyl (C=O) groups is 1. The number of nitrogens with zero attached hydrogens (tertiary/aromatic N) is 1. The standard InChI is InChI=1S/C20H27NO4/c1-15-4-2-3-5-18(15)24-12-19(22)21-13-20(14-21)10-17(8-9-25-20)23-11-16-6-7-16/h2-5,16-17H,6-14H2,1H3/t17-/m0/s1. The molecule has 2 aliphatic heterocycles. The Kier molecular flexibility index (Phi) is 4.69.